The molecule has 2 aromatic carbocycles. The van der Waals surface area contributed by atoms with Crippen molar-refractivity contribution in [3.63, 3.8) is 0 Å². The third kappa shape index (κ3) is 4.35. The van der Waals surface area contributed by atoms with Crippen LogP contribution in [-0.2, 0) is 14.3 Å². The van der Waals surface area contributed by atoms with Gasteiger partial charge in [-0.15, -0.1) is 0 Å². The summed E-state index contributed by atoms with van der Waals surface area (Å²) in [4.78, 5) is 26.6. The highest BCUT2D eigenvalue weighted by atomic mass is 32.2. The van der Waals surface area contributed by atoms with E-state index in [1.54, 1.807) is 11.8 Å². The van der Waals surface area contributed by atoms with Crippen LogP contribution in [0.4, 0.5) is 5.69 Å². The highest BCUT2D eigenvalue weighted by Crippen LogP contribution is 2.48. The maximum atomic E-state index is 12.3. The van der Waals surface area contributed by atoms with Gasteiger partial charge < -0.3 is 10.1 Å². The molecule has 1 N–H and O–H groups in total. The summed E-state index contributed by atoms with van der Waals surface area (Å²) < 4.78 is 5.31. The van der Waals surface area contributed by atoms with Crippen molar-refractivity contribution in [3.05, 3.63) is 54.6 Å². The minimum absolute atomic E-state index is 0.00234. The van der Waals surface area contributed by atoms with Gasteiger partial charge in [0.2, 0.25) is 0 Å². The predicted molar refractivity (Wildman–Crippen MR) is 106 cm³/mol. The van der Waals surface area contributed by atoms with Crippen LogP contribution >= 0.6 is 11.8 Å². The van der Waals surface area contributed by atoms with E-state index in [0.717, 1.165) is 34.7 Å². The molecule has 0 spiro atoms. The van der Waals surface area contributed by atoms with Crippen LogP contribution in [0.1, 0.15) is 25.7 Å². The zero-order valence-electron chi connectivity index (χ0n) is 15.1. The smallest absolute Gasteiger partial charge is 0.309 e. The third-order valence-corrected chi connectivity index (χ3v) is 6.60. The van der Waals surface area contributed by atoms with E-state index in [9.17, 15) is 9.59 Å². The molecule has 2 aliphatic rings. The molecule has 0 aromatic heterocycles. The molecule has 2 fully saturated rings. The second kappa shape index (κ2) is 8.17. The number of fused-ring (bicyclic) bond motifs is 2. The number of hydrogen-bond acceptors (Lipinski definition) is 4. The molecule has 2 bridgehead atoms. The van der Waals surface area contributed by atoms with E-state index in [2.05, 4.69) is 5.32 Å². The van der Waals surface area contributed by atoms with Crippen LogP contribution in [-0.4, -0.2) is 18.5 Å². The number of para-hydroxylation sites is 1. The normalized spacial score (nSPS) is 23.2. The second-order valence-corrected chi connectivity index (χ2v) is 8.46. The first-order valence-electron chi connectivity index (χ1n) is 9.47. The van der Waals surface area contributed by atoms with Crippen LogP contribution in [0.25, 0.3) is 0 Å². The monoisotopic (exact) mass is 381 g/mol. The van der Waals surface area contributed by atoms with Crippen molar-refractivity contribution in [1.29, 1.82) is 0 Å². The number of anilines is 1. The Morgan fingerprint density at radius 2 is 1.78 bits per heavy atom. The fourth-order valence-electron chi connectivity index (χ4n) is 4.24. The third-order valence-electron chi connectivity index (χ3n) is 5.52. The fraction of sp³-hybridized carbons (Fsp3) is 0.364. The van der Waals surface area contributed by atoms with Crippen molar-refractivity contribution in [2.75, 3.05) is 11.9 Å². The highest BCUT2D eigenvalue weighted by Gasteiger charge is 2.43. The van der Waals surface area contributed by atoms with Gasteiger partial charge in [0.15, 0.2) is 6.61 Å². The Morgan fingerprint density at radius 3 is 2.52 bits per heavy atom. The fourth-order valence-corrected chi connectivity index (χ4v) is 5.16. The van der Waals surface area contributed by atoms with E-state index in [-0.39, 0.29) is 24.4 Å². The van der Waals surface area contributed by atoms with E-state index in [4.69, 9.17) is 4.74 Å². The summed E-state index contributed by atoms with van der Waals surface area (Å²) in [7, 11) is 0. The number of carbonyl (C=O) groups excluding carboxylic acids is 2. The van der Waals surface area contributed by atoms with Crippen molar-refractivity contribution < 1.29 is 14.3 Å². The number of nitrogens with one attached hydrogen (secondary N) is 1. The van der Waals surface area contributed by atoms with Gasteiger partial charge in [0.1, 0.15) is 0 Å². The lowest BCUT2D eigenvalue weighted by Gasteiger charge is -2.19. The molecule has 4 nitrogen and oxygen atoms in total. The lowest BCUT2D eigenvalue weighted by molar-refractivity contribution is -0.153. The Labute approximate surface area is 163 Å². The standard InChI is InChI=1S/C22H23NO3S/c24-21(14-26-22(25)18-13-15-10-11-16(18)12-15)23-19-8-4-5-9-20(19)27-17-6-2-1-3-7-17/h1-9,15-16,18H,10-14H2,(H,23,24). The summed E-state index contributed by atoms with van der Waals surface area (Å²) in [5.74, 6) is 0.645. The molecular formula is C22H23NO3S. The molecule has 5 heteroatoms. The van der Waals surface area contributed by atoms with Gasteiger partial charge in [0.05, 0.1) is 11.6 Å². The first-order chi connectivity index (χ1) is 13.2. The number of esters is 1. The topological polar surface area (TPSA) is 55.4 Å². The van der Waals surface area contributed by atoms with Crippen LogP contribution < -0.4 is 5.32 Å². The Morgan fingerprint density at radius 1 is 1.00 bits per heavy atom. The van der Waals surface area contributed by atoms with Crippen LogP contribution in [0.2, 0.25) is 0 Å². The molecule has 27 heavy (non-hydrogen) atoms. The van der Waals surface area contributed by atoms with Crippen LogP contribution in [0.5, 0.6) is 0 Å². The number of amides is 1. The first-order valence-corrected chi connectivity index (χ1v) is 10.3. The van der Waals surface area contributed by atoms with Crippen LogP contribution in [0.3, 0.4) is 0 Å². The minimum Gasteiger partial charge on any atom is -0.455 e. The van der Waals surface area contributed by atoms with Crippen molar-refractivity contribution in [1.82, 2.24) is 0 Å². The average molecular weight is 381 g/mol. The number of carbonyl (C=O) groups is 2. The van der Waals surface area contributed by atoms with E-state index in [1.807, 2.05) is 54.6 Å². The Hall–Kier alpha value is -2.27. The molecule has 0 saturated heterocycles. The molecule has 1 amide bonds. The van der Waals surface area contributed by atoms with Gasteiger partial charge in [-0.05, 0) is 55.4 Å². The number of benzene rings is 2. The molecule has 2 aromatic rings. The van der Waals surface area contributed by atoms with Crippen molar-refractivity contribution in [2.45, 2.75) is 35.5 Å². The van der Waals surface area contributed by atoms with E-state index in [0.29, 0.717) is 11.8 Å². The van der Waals surface area contributed by atoms with Gasteiger partial charge in [0.25, 0.3) is 5.91 Å². The molecule has 0 radical (unpaired) electrons. The Balaban J connectivity index is 1.32. The molecule has 4 rings (SSSR count). The van der Waals surface area contributed by atoms with Gasteiger partial charge in [-0.3, -0.25) is 9.59 Å². The zero-order chi connectivity index (χ0) is 18.6. The molecule has 0 aliphatic heterocycles. The van der Waals surface area contributed by atoms with Gasteiger partial charge in [-0.25, -0.2) is 0 Å². The van der Waals surface area contributed by atoms with Crippen LogP contribution in [0, 0.1) is 17.8 Å². The largest absolute Gasteiger partial charge is 0.455 e. The average Bonchev–Trinajstić information content (AvgIpc) is 3.32. The quantitative estimate of drug-likeness (QED) is 0.733. The maximum absolute atomic E-state index is 12.3. The van der Waals surface area contributed by atoms with Gasteiger partial charge in [0, 0.05) is 9.79 Å². The molecule has 2 saturated carbocycles. The summed E-state index contributed by atoms with van der Waals surface area (Å²) >= 11 is 1.59. The van der Waals surface area contributed by atoms with Crippen LogP contribution in [0.15, 0.2) is 64.4 Å². The van der Waals surface area contributed by atoms with Crippen molar-refractivity contribution in [2.24, 2.45) is 17.8 Å². The highest BCUT2D eigenvalue weighted by molar-refractivity contribution is 7.99. The number of hydrogen-bond donors (Lipinski definition) is 1. The van der Waals surface area contributed by atoms with Gasteiger partial charge >= 0.3 is 5.97 Å². The predicted octanol–water partition coefficient (Wildman–Crippen LogP) is 4.76. The Kier molecular flexibility index (Phi) is 5.48. The molecule has 3 atom stereocenters. The summed E-state index contributed by atoms with van der Waals surface area (Å²) in [6, 6.07) is 17.7. The molecule has 140 valence electrons. The van der Waals surface area contributed by atoms with Crippen molar-refractivity contribution in [3.8, 4) is 0 Å². The summed E-state index contributed by atoms with van der Waals surface area (Å²) in [6.45, 7) is -0.225. The van der Waals surface area contributed by atoms with E-state index >= 15 is 0 Å². The lowest BCUT2D eigenvalue weighted by atomic mass is 9.89. The Bertz CT molecular complexity index is 823. The van der Waals surface area contributed by atoms with E-state index < -0.39 is 0 Å². The van der Waals surface area contributed by atoms with Gasteiger partial charge in [-0.1, -0.05) is 48.5 Å². The molecule has 3 unspecified atom stereocenters. The SMILES string of the molecule is O=C(COC(=O)C1CC2CCC1C2)Nc1ccccc1Sc1ccccc1. The van der Waals surface area contributed by atoms with Crippen molar-refractivity contribution >= 4 is 29.3 Å². The van der Waals surface area contributed by atoms with Gasteiger partial charge in [-0.2, -0.15) is 0 Å². The molecular weight excluding hydrogens is 358 g/mol. The number of ether oxygens (including phenoxy) is 1. The zero-order valence-corrected chi connectivity index (χ0v) is 15.9. The lowest BCUT2D eigenvalue weighted by Crippen LogP contribution is -2.27. The maximum Gasteiger partial charge on any atom is 0.309 e. The minimum atomic E-state index is -0.299. The second-order valence-electron chi connectivity index (χ2n) is 7.35. The molecule has 0 heterocycles. The first kappa shape index (κ1) is 18.1. The summed E-state index contributed by atoms with van der Waals surface area (Å²) in [5.41, 5.74) is 0.729. The number of rotatable bonds is 6. The van der Waals surface area contributed by atoms with E-state index in [1.165, 1.54) is 6.42 Å². The molecule has 2 aliphatic carbocycles. The summed E-state index contributed by atoms with van der Waals surface area (Å²) in [6.07, 6.45) is 4.45. The summed E-state index contributed by atoms with van der Waals surface area (Å²) in [5, 5.41) is 2.87.